The third-order valence-corrected chi connectivity index (χ3v) is 9.42. The second-order valence-electron chi connectivity index (χ2n) is 12.0. The van der Waals surface area contributed by atoms with Crippen LogP contribution in [0, 0.1) is 47.0 Å². The number of benzene rings is 1. The van der Waals surface area contributed by atoms with Gasteiger partial charge < -0.3 is 9.47 Å². The van der Waals surface area contributed by atoms with Gasteiger partial charge in [-0.15, -0.1) is 0 Å². The second kappa shape index (κ2) is 14.0. The lowest BCUT2D eigenvalue weighted by atomic mass is 9.70. The average molecular weight is 523 g/mol. The van der Waals surface area contributed by atoms with Gasteiger partial charge in [-0.1, -0.05) is 45.4 Å². The average Bonchev–Trinajstić information content (AvgIpc) is 2.92. The van der Waals surface area contributed by atoms with Gasteiger partial charge in [0, 0.05) is 18.7 Å². The Morgan fingerprint density at radius 2 is 1.35 bits per heavy atom. The molecule has 0 N–H and O–H groups in total. The molecule has 1 aromatic carbocycles. The minimum Gasteiger partial charge on any atom is -0.426 e. The monoisotopic (exact) mass is 522 g/mol. The van der Waals surface area contributed by atoms with Crippen molar-refractivity contribution >= 4 is 5.97 Å². The van der Waals surface area contributed by atoms with Crippen molar-refractivity contribution in [2.45, 2.75) is 116 Å². The Balaban J connectivity index is 1.10. The van der Waals surface area contributed by atoms with Crippen molar-refractivity contribution in [3.8, 4) is 5.75 Å². The first-order valence-electron chi connectivity index (χ1n) is 14.9. The SMILES string of the molecule is CCCCC[C@H]1CC[C@H](COC2CCC([C@H]3CC[C@H](C(=O)Oc4cc(F)c(F)c(F)c4)CC3)CC2)CC1. The molecule has 0 unspecified atom stereocenters. The molecular formula is C31H45F3O3. The summed E-state index contributed by atoms with van der Waals surface area (Å²) in [6, 6.07) is 1.45. The smallest absolute Gasteiger partial charge is 0.314 e. The molecule has 3 saturated carbocycles. The summed E-state index contributed by atoms with van der Waals surface area (Å²) in [5.74, 6) is -2.27. The fraction of sp³-hybridized carbons (Fsp3) is 0.774. The highest BCUT2D eigenvalue weighted by molar-refractivity contribution is 5.75. The number of ether oxygens (including phenoxy) is 2. The van der Waals surface area contributed by atoms with Crippen molar-refractivity contribution in [3.05, 3.63) is 29.6 Å². The highest BCUT2D eigenvalue weighted by Crippen LogP contribution is 2.41. The van der Waals surface area contributed by atoms with Crippen LogP contribution in [0.5, 0.6) is 5.75 Å². The van der Waals surface area contributed by atoms with Crippen molar-refractivity contribution in [1.82, 2.24) is 0 Å². The maximum atomic E-state index is 13.4. The maximum absolute atomic E-state index is 13.4. The number of halogens is 3. The summed E-state index contributed by atoms with van der Waals surface area (Å²) >= 11 is 0. The predicted octanol–water partition coefficient (Wildman–Crippen LogP) is 8.78. The van der Waals surface area contributed by atoms with Gasteiger partial charge in [0.1, 0.15) is 5.75 Å². The number of esters is 1. The van der Waals surface area contributed by atoms with Crippen LogP contribution in [0.1, 0.15) is 110 Å². The zero-order chi connectivity index (χ0) is 26.2. The minimum absolute atomic E-state index is 0.270. The lowest BCUT2D eigenvalue weighted by molar-refractivity contribution is -0.140. The van der Waals surface area contributed by atoms with Crippen LogP contribution in [0.2, 0.25) is 0 Å². The van der Waals surface area contributed by atoms with Crippen LogP contribution in [-0.4, -0.2) is 18.7 Å². The molecule has 37 heavy (non-hydrogen) atoms. The van der Waals surface area contributed by atoms with E-state index in [1.54, 1.807) is 0 Å². The highest BCUT2D eigenvalue weighted by atomic mass is 19.2. The molecule has 0 saturated heterocycles. The molecule has 0 aromatic heterocycles. The largest absolute Gasteiger partial charge is 0.426 e. The second-order valence-corrected chi connectivity index (χ2v) is 12.0. The Labute approximate surface area is 220 Å². The molecule has 3 aliphatic carbocycles. The molecule has 0 spiro atoms. The normalized spacial score (nSPS) is 30.7. The molecular weight excluding hydrogens is 477 g/mol. The Bertz CT molecular complexity index is 828. The van der Waals surface area contributed by atoms with Crippen LogP contribution in [0.4, 0.5) is 13.2 Å². The quantitative estimate of drug-likeness (QED) is 0.133. The topological polar surface area (TPSA) is 35.5 Å². The van der Waals surface area contributed by atoms with Gasteiger partial charge in [-0.25, -0.2) is 13.2 Å². The van der Waals surface area contributed by atoms with E-state index >= 15 is 0 Å². The van der Waals surface area contributed by atoms with Crippen LogP contribution in [-0.2, 0) is 9.53 Å². The number of rotatable bonds is 10. The Morgan fingerprint density at radius 3 is 1.95 bits per heavy atom. The van der Waals surface area contributed by atoms with E-state index in [4.69, 9.17) is 9.47 Å². The summed E-state index contributed by atoms with van der Waals surface area (Å²) in [6.07, 6.45) is 19.4. The van der Waals surface area contributed by atoms with Gasteiger partial charge in [0.15, 0.2) is 17.5 Å². The van der Waals surface area contributed by atoms with E-state index in [1.807, 2.05) is 0 Å². The van der Waals surface area contributed by atoms with E-state index < -0.39 is 23.4 Å². The molecule has 0 amide bonds. The highest BCUT2D eigenvalue weighted by Gasteiger charge is 2.34. The van der Waals surface area contributed by atoms with Crippen molar-refractivity contribution in [2.75, 3.05) is 6.61 Å². The van der Waals surface area contributed by atoms with E-state index in [0.29, 0.717) is 17.9 Å². The van der Waals surface area contributed by atoms with Gasteiger partial charge in [-0.2, -0.15) is 0 Å². The van der Waals surface area contributed by atoms with Gasteiger partial charge in [0.2, 0.25) is 0 Å². The summed E-state index contributed by atoms with van der Waals surface area (Å²) in [6.45, 7) is 3.21. The summed E-state index contributed by atoms with van der Waals surface area (Å²) in [5.41, 5.74) is 0. The lowest BCUT2D eigenvalue weighted by Crippen LogP contribution is -2.32. The molecule has 4 rings (SSSR count). The van der Waals surface area contributed by atoms with E-state index in [2.05, 4.69) is 6.92 Å². The third-order valence-electron chi connectivity index (χ3n) is 9.42. The maximum Gasteiger partial charge on any atom is 0.314 e. The Kier molecular flexibility index (Phi) is 10.8. The number of carbonyl (C=O) groups excluding carboxylic acids is 1. The first-order valence-corrected chi connectivity index (χ1v) is 14.9. The van der Waals surface area contributed by atoms with Gasteiger partial charge in [-0.05, 0) is 87.9 Å². The van der Waals surface area contributed by atoms with Crippen molar-refractivity contribution in [2.24, 2.45) is 29.6 Å². The zero-order valence-corrected chi connectivity index (χ0v) is 22.5. The van der Waals surface area contributed by atoms with E-state index in [-0.39, 0.29) is 11.7 Å². The molecule has 1 aromatic rings. The fourth-order valence-corrected chi connectivity index (χ4v) is 6.99. The van der Waals surface area contributed by atoms with Crippen LogP contribution >= 0.6 is 0 Å². The molecule has 6 heteroatoms. The van der Waals surface area contributed by atoms with Gasteiger partial charge in [0.05, 0.1) is 12.0 Å². The molecule has 3 aliphatic rings. The molecule has 3 nitrogen and oxygen atoms in total. The number of carbonyl (C=O) groups is 1. The number of unbranched alkanes of at least 4 members (excludes halogenated alkanes) is 2. The van der Waals surface area contributed by atoms with Crippen molar-refractivity contribution in [3.63, 3.8) is 0 Å². The fourth-order valence-electron chi connectivity index (χ4n) is 6.99. The van der Waals surface area contributed by atoms with E-state index in [9.17, 15) is 18.0 Å². The molecule has 208 valence electrons. The molecule has 0 aliphatic heterocycles. The molecule has 0 radical (unpaired) electrons. The number of hydrogen-bond acceptors (Lipinski definition) is 3. The van der Waals surface area contributed by atoms with Crippen molar-refractivity contribution < 1.29 is 27.4 Å². The Hall–Kier alpha value is -1.56. The van der Waals surface area contributed by atoms with Crippen LogP contribution in [0.15, 0.2) is 12.1 Å². The van der Waals surface area contributed by atoms with E-state index in [0.717, 1.165) is 69.1 Å². The zero-order valence-electron chi connectivity index (χ0n) is 22.5. The summed E-state index contributed by atoms with van der Waals surface area (Å²) in [4.78, 5) is 12.5. The molecule has 0 bridgehead atoms. The first-order chi connectivity index (χ1) is 17.9. The summed E-state index contributed by atoms with van der Waals surface area (Å²) in [5, 5.41) is 0. The first kappa shape index (κ1) is 28.4. The summed E-state index contributed by atoms with van der Waals surface area (Å²) in [7, 11) is 0. The predicted molar refractivity (Wildman–Crippen MR) is 139 cm³/mol. The van der Waals surface area contributed by atoms with E-state index in [1.165, 1.54) is 64.2 Å². The minimum atomic E-state index is -1.55. The van der Waals surface area contributed by atoms with Gasteiger partial charge in [-0.3, -0.25) is 4.79 Å². The lowest BCUT2D eigenvalue weighted by Gasteiger charge is -2.37. The standard InChI is InChI=1S/C31H45F3O3/c1-2-3-4-5-21-6-8-22(9-7-21)20-36-26-16-14-24(15-17-26)23-10-12-25(13-11-23)31(35)37-27-18-28(32)30(34)29(33)19-27/h18-19,21-26H,2-17,20H2,1H3/t21-,22-,23-,24?,25-,26?. The number of hydrogen-bond donors (Lipinski definition) is 0. The van der Waals surface area contributed by atoms with Crippen LogP contribution < -0.4 is 4.74 Å². The molecule has 3 fully saturated rings. The molecule has 0 atom stereocenters. The summed E-state index contributed by atoms with van der Waals surface area (Å²) < 4.78 is 51.5. The van der Waals surface area contributed by atoms with Gasteiger partial charge in [0.25, 0.3) is 0 Å². The Morgan fingerprint density at radius 1 is 0.784 bits per heavy atom. The molecule has 0 heterocycles. The van der Waals surface area contributed by atoms with Crippen LogP contribution in [0.3, 0.4) is 0 Å². The van der Waals surface area contributed by atoms with Crippen LogP contribution in [0.25, 0.3) is 0 Å². The van der Waals surface area contributed by atoms with Gasteiger partial charge >= 0.3 is 5.97 Å². The van der Waals surface area contributed by atoms with Crippen molar-refractivity contribution in [1.29, 1.82) is 0 Å². The third kappa shape index (κ3) is 8.21.